The number of morpholine rings is 1. The van der Waals surface area contributed by atoms with Crippen molar-refractivity contribution in [1.29, 1.82) is 0 Å². The number of ether oxygens (including phenoxy) is 1. The zero-order chi connectivity index (χ0) is 13.7. The van der Waals surface area contributed by atoms with Crippen LogP contribution < -0.4 is 5.32 Å². The summed E-state index contributed by atoms with van der Waals surface area (Å²) >= 11 is 11.9. The van der Waals surface area contributed by atoms with Crippen molar-refractivity contribution in [3.63, 3.8) is 0 Å². The molecule has 1 N–H and O–H groups in total. The summed E-state index contributed by atoms with van der Waals surface area (Å²) in [6.45, 7) is 7.79. The number of nitrogens with zero attached hydrogens (tertiary/aromatic N) is 1. The molecule has 1 aliphatic rings. The van der Waals surface area contributed by atoms with Gasteiger partial charge in [0.25, 0.3) is 0 Å². The van der Waals surface area contributed by atoms with Gasteiger partial charge in [-0.25, -0.2) is 0 Å². The lowest BCUT2D eigenvalue weighted by atomic mass is 10.2. The van der Waals surface area contributed by atoms with E-state index in [2.05, 4.69) is 17.1 Å². The van der Waals surface area contributed by atoms with Crippen molar-refractivity contribution in [2.75, 3.05) is 32.8 Å². The van der Waals surface area contributed by atoms with Crippen molar-refractivity contribution in [3.8, 4) is 0 Å². The van der Waals surface area contributed by atoms with Gasteiger partial charge in [0.2, 0.25) is 0 Å². The number of benzene rings is 1. The van der Waals surface area contributed by atoms with E-state index in [4.69, 9.17) is 27.9 Å². The summed E-state index contributed by atoms with van der Waals surface area (Å²) in [5, 5.41) is 4.61. The van der Waals surface area contributed by atoms with Gasteiger partial charge in [-0.3, -0.25) is 4.90 Å². The van der Waals surface area contributed by atoms with Crippen LogP contribution in [0.25, 0.3) is 0 Å². The quantitative estimate of drug-likeness (QED) is 0.905. The second kappa shape index (κ2) is 7.46. The lowest BCUT2D eigenvalue weighted by molar-refractivity contribution is -0.0253. The van der Waals surface area contributed by atoms with Crippen LogP contribution in [-0.4, -0.2) is 43.8 Å². The maximum atomic E-state index is 5.99. The molecule has 1 unspecified atom stereocenters. The minimum Gasteiger partial charge on any atom is -0.374 e. The monoisotopic (exact) mass is 302 g/mol. The van der Waals surface area contributed by atoms with Crippen LogP contribution in [0.3, 0.4) is 0 Å². The number of hydrogen-bond acceptors (Lipinski definition) is 3. The Balaban J connectivity index is 1.75. The maximum absolute atomic E-state index is 5.99. The van der Waals surface area contributed by atoms with E-state index in [0.29, 0.717) is 10.0 Å². The molecule has 1 aromatic carbocycles. The molecule has 3 nitrogen and oxygen atoms in total. The SMILES string of the molecule is CCN1CCOC(CNCc2ccc(Cl)c(Cl)c2)C1. The first-order valence-corrected chi connectivity index (χ1v) is 7.43. The average Bonchev–Trinajstić information content (AvgIpc) is 2.43. The van der Waals surface area contributed by atoms with Crippen LogP contribution in [0.5, 0.6) is 0 Å². The van der Waals surface area contributed by atoms with Crippen molar-refractivity contribution in [1.82, 2.24) is 10.2 Å². The molecule has 0 aromatic heterocycles. The van der Waals surface area contributed by atoms with Crippen LogP contribution >= 0.6 is 23.2 Å². The molecule has 1 atom stereocenters. The van der Waals surface area contributed by atoms with E-state index in [1.807, 2.05) is 18.2 Å². The van der Waals surface area contributed by atoms with E-state index in [0.717, 1.165) is 44.9 Å². The lowest BCUT2D eigenvalue weighted by Crippen LogP contribution is -2.46. The summed E-state index contributed by atoms with van der Waals surface area (Å²) in [7, 11) is 0. The van der Waals surface area contributed by atoms with E-state index in [-0.39, 0.29) is 6.10 Å². The minimum atomic E-state index is 0.275. The average molecular weight is 303 g/mol. The highest BCUT2D eigenvalue weighted by Gasteiger charge is 2.18. The fourth-order valence-corrected chi connectivity index (χ4v) is 2.54. The predicted molar refractivity (Wildman–Crippen MR) is 80.0 cm³/mol. The molecule has 0 saturated carbocycles. The summed E-state index contributed by atoms with van der Waals surface area (Å²) in [6.07, 6.45) is 0.275. The van der Waals surface area contributed by atoms with E-state index in [1.165, 1.54) is 0 Å². The maximum Gasteiger partial charge on any atom is 0.0826 e. The zero-order valence-corrected chi connectivity index (χ0v) is 12.7. The molecule has 0 aliphatic carbocycles. The summed E-state index contributed by atoms with van der Waals surface area (Å²) < 4.78 is 5.74. The lowest BCUT2D eigenvalue weighted by Gasteiger charge is -2.32. The molecule has 1 heterocycles. The predicted octanol–water partition coefficient (Wildman–Crippen LogP) is 2.80. The summed E-state index contributed by atoms with van der Waals surface area (Å²) in [5.74, 6) is 0. The summed E-state index contributed by atoms with van der Waals surface area (Å²) in [6, 6.07) is 5.72. The molecule has 2 rings (SSSR count). The van der Waals surface area contributed by atoms with Crippen molar-refractivity contribution in [3.05, 3.63) is 33.8 Å². The standard InChI is InChI=1S/C14H20Cl2N2O/c1-2-18-5-6-19-12(10-18)9-17-8-11-3-4-13(15)14(16)7-11/h3-4,7,12,17H,2,5-6,8-10H2,1H3. The number of hydrogen-bond donors (Lipinski definition) is 1. The largest absolute Gasteiger partial charge is 0.374 e. The normalized spacial score (nSPS) is 20.7. The molecule has 106 valence electrons. The Kier molecular flexibility index (Phi) is 5.92. The van der Waals surface area contributed by atoms with Crippen molar-refractivity contribution >= 4 is 23.2 Å². The summed E-state index contributed by atoms with van der Waals surface area (Å²) in [5.41, 5.74) is 1.14. The van der Waals surface area contributed by atoms with Crippen LogP contribution in [0, 0.1) is 0 Å². The first kappa shape index (κ1) is 15.1. The summed E-state index contributed by atoms with van der Waals surface area (Å²) in [4.78, 5) is 2.41. The molecule has 1 aromatic rings. The van der Waals surface area contributed by atoms with Crippen LogP contribution in [0.15, 0.2) is 18.2 Å². The van der Waals surface area contributed by atoms with Crippen LogP contribution in [0.4, 0.5) is 0 Å². The molecule has 0 bridgehead atoms. The molecule has 1 aliphatic heterocycles. The Morgan fingerprint density at radius 1 is 1.37 bits per heavy atom. The Hall–Kier alpha value is -0.320. The second-order valence-electron chi connectivity index (χ2n) is 4.77. The molecule has 19 heavy (non-hydrogen) atoms. The minimum absolute atomic E-state index is 0.275. The Bertz CT molecular complexity index is 414. The first-order chi connectivity index (χ1) is 9.19. The van der Waals surface area contributed by atoms with Gasteiger partial charge in [0.05, 0.1) is 22.8 Å². The third kappa shape index (κ3) is 4.62. The molecule has 5 heteroatoms. The van der Waals surface area contributed by atoms with Gasteiger partial charge in [-0.1, -0.05) is 36.2 Å². The van der Waals surface area contributed by atoms with Gasteiger partial charge in [0.1, 0.15) is 0 Å². The topological polar surface area (TPSA) is 24.5 Å². The van der Waals surface area contributed by atoms with Crippen molar-refractivity contribution < 1.29 is 4.74 Å². The first-order valence-electron chi connectivity index (χ1n) is 6.67. The fourth-order valence-electron chi connectivity index (χ4n) is 2.22. The van der Waals surface area contributed by atoms with Crippen molar-refractivity contribution in [2.24, 2.45) is 0 Å². The fraction of sp³-hybridized carbons (Fsp3) is 0.571. The van der Waals surface area contributed by atoms with Gasteiger partial charge in [-0.15, -0.1) is 0 Å². The third-order valence-corrected chi connectivity index (χ3v) is 4.09. The third-order valence-electron chi connectivity index (χ3n) is 3.36. The molecular formula is C14H20Cl2N2O. The van der Waals surface area contributed by atoms with Gasteiger partial charge < -0.3 is 10.1 Å². The second-order valence-corrected chi connectivity index (χ2v) is 5.58. The molecular weight excluding hydrogens is 283 g/mol. The highest BCUT2D eigenvalue weighted by molar-refractivity contribution is 6.42. The Morgan fingerprint density at radius 3 is 2.95 bits per heavy atom. The van der Waals surface area contributed by atoms with E-state index < -0.39 is 0 Å². The number of likely N-dealkylation sites (N-methyl/N-ethyl adjacent to an activating group) is 1. The van der Waals surface area contributed by atoms with Gasteiger partial charge in [-0.2, -0.15) is 0 Å². The molecule has 0 spiro atoms. The number of rotatable bonds is 5. The number of nitrogens with one attached hydrogen (secondary N) is 1. The molecule has 0 amide bonds. The molecule has 1 fully saturated rings. The van der Waals surface area contributed by atoms with Crippen molar-refractivity contribution in [2.45, 2.75) is 19.6 Å². The molecule has 1 saturated heterocycles. The molecule has 0 radical (unpaired) electrons. The van der Waals surface area contributed by atoms with Gasteiger partial charge in [0.15, 0.2) is 0 Å². The van der Waals surface area contributed by atoms with Gasteiger partial charge in [0, 0.05) is 26.2 Å². The highest BCUT2D eigenvalue weighted by Crippen LogP contribution is 2.22. The van der Waals surface area contributed by atoms with Crippen LogP contribution in [0.2, 0.25) is 10.0 Å². The van der Waals surface area contributed by atoms with Gasteiger partial charge >= 0.3 is 0 Å². The van der Waals surface area contributed by atoms with Gasteiger partial charge in [-0.05, 0) is 24.2 Å². The van der Waals surface area contributed by atoms with E-state index in [1.54, 1.807) is 0 Å². The van der Waals surface area contributed by atoms with E-state index >= 15 is 0 Å². The zero-order valence-electron chi connectivity index (χ0n) is 11.2. The Morgan fingerprint density at radius 2 is 2.21 bits per heavy atom. The van der Waals surface area contributed by atoms with Crippen LogP contribution in [-0.2, 0) is 11.3 Å². The Labute approximate surface area is 124 Å². The van der Waals surface area contributed by atoms with E-state index in [9.17, 15) is 0 Å². The van der Waals surface area contributed by atoms with Crippen LogP contribution in [0.1, 0.15) is 12.5 Å². The number of halogens is 2. The highest BCUT2D eigenvalue weighted by atomic mass is 35.5. The smallest absolute Gasteiger partial charge is 0.0826 e.